The number of ketones is 1. The maximum atomic E-state index is 13.5. The molecule has 0 saturated carbocycles. The highest BCUT2D eigenvalue weighted by atomic mass is 79.9. The molecule has 5 nitrogen and oxygen atoms in total. The highest BCUT2D eigenvalue weighted by Crippen LogP contribution is 2.40. The molecular weight excluding hydrogens is 504 g/mol. The van der Waals surface area contributed by atoms with E-state index in [-0.39, 0.29) is 57.7 Å². The number of nitrogens with one attached hydrogen (secondary N) is 1. The van der Waals surface area contributed by atoms with E-state index in [4.69, 9.17) is 10.1 Å². The van der Waals surface area contributed by atoms with Crippen molar-refractivity contribution in [2.45, 2.75) is 64.7 Å². The van der Waals surface area contributed by atoms with Crippen LogP contribution in [0.4, 0.5) is 0 Å². The van der Waals surface area contributed by atoms with Crippen molar-refractivity contribution in [3.63, 3.8) is 0 Å². The number of rotatable bonds is 7. The van der Waals surface area contributed by atoms with Gasteiger partial charge in [0.2, 0.25) is 0 Å². The number of methoxy groups -OCH3 is 1. The van der Waals surface area contributed by atoms with Crippen molar-refractivity contribution in [1.29, 1.82) is 5.41 Å². The zero-order chi connectivity index (χ0) is 25.3. The van der Waals surface area contributed by atoms with Crippen molar-refractivity contribution in [2.75, 3.05) is 26.8 Å². The van der Waals surface area contributed by atoms with Crippen LogP contribution in [0.1, 0.15) is 80.9 Å². The van der Waals surface area contributed by atoms with Crippen LogP contribution in [0, 0.1) is 11.3 Å². The number of phenolic OH excluding ortho intramolecular Hbond substituents is 1. The molecule has 0 amide bonds. The lowest BCUT2D eigenvalue weighted by molar-refractivity contribution is 0.0961. The minimum absolute atomic E-state index is 0. The zero-order valence-electron chi connectivity index (χ0n) is 22.1. The number of nitrogens with zero attached hydrogens (tertiary/aromatic N) is 1. The Morgan fingerprint density at radius 3 is 2.09 bits per heavy atom. The second-order valence-corrected chi connectivity index (χ2v) is 11.5. The number of ether oxygens (including phenoxy) is 1. The molecule has 3 rings (SSSR count). The number of phenols is 1. The Labute approximate surface area is 221 Å². The van der Waals surface area contributed by atoms with E-state index in [0.29, 0.717) is 24.6 Å². The van der Waals surface area contributed by atoms with Gasteiger partial charge in [-0.15, -0.1) is 17.0 Å². The van der Waals surface area contributed by atoms with Crippen LogP contribution in [-0.2, 0) is 15.6 Å². The fourth-order valence-corrected chi connectivity index (χ4v) is 4.88. The normalized spacial score (nSPS) is 18.5. The van der Waals surface area contributed by atoms with Gasteiger partial charge in [0.05, 0.1) is 6.54 Å². The van der Waals surface area contributed by atoms with Gasteiger partial charge in [0.1, 0.15) is 11.6 Å². The molecule has 2 aromatic rings. The molecule has 2 aromatic carbocycles. The maximum Gasteiger partial charge on any atom is 0.182 e. The molecule has 0 aromatic heterocycles. The van der Waals surface area contributed by atoms with Gasteiger partial charge in [-0.3, -0.25) is 10.2 Å². The molecule has 1 fully saturated rings. The lowest BCUT2D eigenvalue weighted by Crippen LogP contribution is -2.32. The van der Waals surface area contributed by atoms with Gasteiger partial charge in [-0.25, -0.2) is 0 Å². The van der Waals surface area contributed by atoms with E-state index in [0.717, 1.165) is 23.1 Å². The first kappa shape index (κ1) is 29.1. The third-order valence-corrected chi connectivity index (χ3v) is 6.80. The Balaban J connectivity index is 0.00000432. The van der Waals surface area contributed by atoms with Crippen molar-refractivity contribution >= 4 is 28.6 Å². The van der Waals surface area contributed by atoms with Crippen molar-refractivity contribution in [2.24, 2.45) is 5.92 Å². The second kappa shape index (κ2) is 11.3. The SMILES string of the molecule is Br.COCC[C@@H]1CN(CC(=O)c2cc(C(C)(C)C)c(O)c(C(C)(C)C)c2)C(=N)[C@@H]1c1ccccc1. The van der Waals surface area contributed by atoms with E-state index >= 15 is 0 Å². The predicted octanol–water partition coefficient (Wildman–Crippen LogP) is 6.48. The van der Waals surface area contributed by atoms with Crippen LogP contribution in [0.3, 0.4) is 0 Å². The molecule has 2 atom stereocenters. The van der Waals surface area contributed by atoms with E-state index in [2.05, 4.69) is 12.1 Å². The smallest absolute Gasteiger partial charge is 0.182 e. The Morgan fingerprint density at radius 2 is 1.60 bits per heavy atom. The summed E-state index contributed by atoms with van der Waals surface area (Å²) in [6.07, 6.45) is 0.838. The van der Waals surface area contributed by atoms with Crippen LogP contribution < -0.4 is 0 Å². The molecule has 0 aliphatic carbocycles. The zero-order valence-corrected chi connectivity index (χ0v) is 23.9. The largest absolute Gasteiger partial charge is 0.507 e. The Bertz CT molecular complexity index is 1000. The number of hydrogen-bond donors (Lipinski definition) is 2. The number of Topliss-reactive ketones (excluding diaryl/α,β-unsaturated/α-hetero) is 1. The van der Waals surface area contributed by atoms with Crippen LogP contribution in [-0.4, -0.2) is 48.4 Å². The van der Waals surface area contributed by atoms with Crippen molar-refractivity contribution < 1.29 is 14.6 Å². The van der Waals surface area contributed by atoms with Crippen LogP contribution in [0.5, 0.6) is 5.75 Å². The maximum absolute atomic E-state index is 13.5. The first-order valence-corrected chi connectivity index (χ1v) is 12.1. The van der Waals surface area contributed by atoms with Crippen molar-refractivity contribution in [3.05, 3.63) is 64.7 Å². The first-order chi connectivity index (χ1) is 15.8. The van der Waals surface area contributed by atoms with Crippen LogP contribution in [0.15, 0.2) is 42.5 Å². The summed E-state index contributed by atoms with van der Waals surface area (Å²) in [6, 6.07) is 13.8. The summed E-state index contributed by atoms with van der Waals surface area (Å²) in [7, 11) is 1.70. The summed E-state index contributed by atoms with van der Waals surface area (Å²) < 4.78 is 5.33. The molecule has 1 heterocycles. The highest BCUT2D eigenvalue weighted by molar-refractivity contribution is 8.93. The monoisotopic (exact) mass is 544 g/mol. The number of aromatic hydroxyl groups is 1. The molecule has 0 unspecified atom stereocenters. The Hall–Kier alpha value is -2.18. The van der Waals surface area contributed by atoms with Gasteiger partial charge in [0.15, 0.2) is 5.78 Å². The summed E-state index contributed by atoms with van der Waals surface area (Å²) in [6.45, 7) is 13.7. The quantitative estimate of drug-likeness (QED) is 0.391. The molecule has 192 valence electrons. The molecule has 35 heavy (non-hydrogen) atoms. The molecule has 1 aliphatic rings. The fourth-order valence-electron chi connectivity index (χ4n) is 4.88. The molecule has 0 spiro atoms. The van der Waals surface area contributed by atoms with Gasteiger partial charge in [0.25, 0.3) is 0 Å². The third-order valence-electron chi connectivity index (χ3n) is 6.80. The number of amidine groups is 1. The summed E-state index contributed by atoms with van der Waals surface area (Å²) >= 11 is 0. The number of halogens is 1. The average Bonchev–Trinajstić information content (AvgIpc) is 3.06. The molecule has 2 N–H and O–H groups in total. The number of likely N-dealkylation sites (tertiary alicyclic amines) is 1. The first-order valence-electron chi connectivity index (χ1n) is 12.1. The highest BCUT2D eigenvalue weighted by Gasteiger charge is 2.39. The van der Waals surface area contributed by atoms with Gasteiger partial charge in [-0.05, 0) is 40.9 Å². The number of carbonyl (C=O) groups excluding carboxylic acids is 1. The predicted molar refractivity (Wildman–Crippen MR) is 149 cm³/mol. The van der Waals surface area contributed by atoms with Crippen LogP contribution >= 0.6 is 17.0 Å². The van der Waals surface area contributed by atoms with Gasteiger partial charge in [-0.1, -0.05) is 71.9 Å². The number of carbonyl (C=O) groups is 1. The number of benzene rings is 2. The lowest BCUT2D eigenvalue weighted by Gasteiger charge is -2.28. The Kier molecular flexibility index (Phi) is 9.34. The minimum atomic E-state index is -0.301. The summed E-state index contributed by atoms with van der Waals surface area (Å²) in [5.74, 6) is 0.915. The topological polar surface area (TPSA) is 73.6 Å². The van der Waals surface area contributed by atoms with E-state index in [1.807, 2.05) is 76.8 Å². The Morgan fingerprint density at radius 1 is 1.06 bits per heavy atom. The fraction of sp³-hybridized carbons (Fsp3) is 0.517. The summed E-state index contributed by atoms with van der Waals surface area (Å²) in [5.41, 5.74) is 2.66. The van der Waals surface area contributed by atoms with Gasteiger partial charge < -0.3 is 14.7 Å². The van der Waals surface area contributed by atoms with Crippen LogP contribution in [0.25, 0.3) is 0 Å². The van der Waals surface area contributed by atoms with E-state index in [9.17, 15) is 9.90 Å². The molecule has 6 heteroatoms. The standard InChI is InChI=1S/C29H40N2O3.BrH/c1-28(2,3)22-15-21(16-23(26(22)33)29(4,5)6)24(32)18-31-17-20(13-14-34-7)25(27(31)30)19-11-9-8-10-12-19;/h8-12,15-16,20,25,30,33H,13-14,17-18H2,1-7H3;1H/t20-,25-;/m1./s1. The molecule has 0 bridgehead atoms. The van der Waals surface area contributed by atoms with Crippen molar-refractivity contribution in [3.8, 4) is 5.75 Å². The van der Waals surface area contributed by atoms with E-state index in [1.165, 1.54) is 0 Å². The average molecular weight is 546 g/mol. The minimum Gasteiger partial charge on any atom is -0.507 e. The third kappa shape index (κ3) is 6.53. The van der Waals surface area contributed by atoms with Gasteiger partial charge >= 0.3 is 0 Å². The second-order valence-electron chi connectivity index (χ2n) is 11.5. The van der Waals surface area contributed by atoms with Gasteiger partial charge in [-0.2, -0.15) is 0 Å². The molecular formula is C29H41BrN2O3. The summed E-state index contributed by atoms with van der Waals surface area (Å²) in [5, 5.41) is 19.9. The summed E-state index contributed by atoms with van der Waals surface area (Å²) in [4.78, 5) is 15.5. The van der Waals surface area contributed by atoms with E-state index in [1.54, 1.807) is 7.11 Å². The molecule has 0 radical (unpaired) electrons. The number of hydrogen-bond acceptors (Lipinski definition) is 4. The molecule has 1 aliphatic heterocycles. The van der Waals surface area contributed by atoms with Crippen molar-refractivity contribution in [1.82, 2.24) is 4.90 Å². The molecule has 1 saturated heterocycles. The van der Waals surface area contributed by atoms with Gasteiger partial charge in [0, 0.05) is 42.9 Å². The lowest BCUT2D eigenvalue weighted by atomic mass is 9.78. The van der Waals surface area contributed by atoms with Crippen LogP contribution in [0.2, 0.25) is 0 Å². The van der Waals surface area contributed by atoms with E-state index < -0.39 is 0 Å².